The van der Waals surface area contributed by atoms with Crippen molar-refractivity contribution in [2.45, 2.75) is 32.5 Å². The van der Waals surface area contributed by atoms with Crippen LogP contribution < -0.4 is 5.32 Å². The Hall–Kier alpha value is -1.18. The minimum Gasteiger partial charge on any atom is -0.316 e. The van der Waals surface area contributed by atoms with E-state index in [1.165, 1.54) is 6.42 Å². The van der Waals surface area contributed by atoms with Crippen molar-refractivity contribution in [3.63, 3.8) is 0 Å². The number of aromatic nitrogens is 2. The zero-order valence-electron chi connectivity index (χ0n) is 11.5. The number of nitrogens with one attached hydrogen (secondary N) is 1. The molecule has 18 heavy (non-hydrogen) atoms. The molecule has 3 nitrogen and oxygen atoms in total. The predicted molar refractivity (Wildman–Crippen MR) is 76.9 cm³/mol. The molecule has 1 aliphatic heterocycles. The Morgan fingerprint density at radius 1 is 1.33 bits per heavy atom. The zero-order valence-corrected chi connectivity index (χ0v) is 12.5. The highest BCUT2D eigenvalue weighted by atomic mass is 28.3. The Balaban J connectivity index is 1.98. The van der Waals surface area contributed by atoms with Crippen molar-refractivity contribution in [1.29, 1.82) is 0 Å². The number of hydrogen-bond donors (Lipinski definition) is 1. The lowest BCUT2D eigenvalue weighted by molar-refractivity contribution is 0.561. The number of hydrogen-bond acceptors (Lipinski definition) is 3. The lowest BCUT2D eigenvalue weighted by Crippen LogP contribution is -2.16. The first-order valence-corrected chi connectivity index (χ1v) is 10.1. The molecule has 96 valence electrons. The smallest absolute Gasteiger partial charge is 0.129 e. The highest BCUT2D eigenvalue weighted by molar-refractivity contribution is 6.83. The number of rotatable bonds is 2. The molecule has 1 aromatic heterocycles. The van der Waals surface area contributed by atoms with Crippen molar-refractivity contribution in [3.05, 3.63) is 23.8 Å². The van der Waals surface area contributed by atoms with E-state index in [4.69, 9.17) is 0 Å². The second-order valence-corrected chi connectivity index (χ2v) is 10.7. The molecule has 2 heterocycles. The maximum Gasteiger partial charge on any atom is 0.129 e. The largest absolute Gasteiger partial charge is 0.316 e. The van der Waals surface area contributed by atoms with Crippen LogP contribution in [-0.2, 0) is 6.42 Å². The fourth-order valence-electron chi connectivity index (χ4n) is 1.93. The van der Waals surface area contributed by atoms with Gasteiger partial charge in [0.05, 0.1) is 5.56 Å². The van der Waals surface area contributed by atoms with Gasteiger partial charge in [-0.25, -0.2) is 9.97 Å². The van der Waals surface area contributed by atoms with E-state index in [0.29, 0.717) is 5.92 Å². The summed E-state index contributed by atoms with van der Waals surface area (Å²) in [6.45, 7) is 8.94. The van der Waals surface area contributed by atoms with Crippen LogP contribution in [0.1, 0.15) is 17.8 Å². The molecule has 0 aliphatic carbocycles. The summed E-state index contributed by atoms with van der Waals surface area (Å²) in [6, 6.07) is 0. The molecular formula is C14H21N3Si. The molecule has 1 atom stereocenters. The zero-order chi connectivity index (χ0) is 13.0. The van der Waals surface area contributed by atoms with Crippen LogP contribution in [0.3, 0.4) is 0 Å². The minimum absolute atomic E-state index is 0.698. The van der Waals surface area contributed by atoms with Gasteiger partial charge < -0.3 is 5.32 Å². The molecule has 1 saturated heterocycles. The van der Waals surface area contributed by atoms with Gasteiger partial charge >= 0.3 is 0 Å². The van der Waals surface area contributed by atoms with Crippen LogP contribution in [0.2, 0.25) is 19.6 Å². The molecule has 0 unspecified atom stereocenters. The lowest BCUT2D eigenvalue weighted by atomic mass is 10.0. The van der Waals surface area contributed by atoms with Gasteiger partial charge in [0.15, 0.2) is 0 Å². The maximum absolute atomic E-state index is 4.42. The normalized spacial score (nSPS) is 19.4. The van der Waals surface area contributed by atoms with Crippen molar-refractivity contribution in [2.24, 2.45) is 5.92 Å². The Labute approximate surface area is 110 Å². The summed E-state index contributed by atoms with van der Waals surface area (Å²) in [4.78, 5) is 8.83. The van der Waals surface area contributed by atoms with Gasteiger partial charge in [-0.15, -0.1) is 5.54 Å². The first kappa shape index (κ1) is 13.3. The van der Waals surface area contributed by atoms with E-state index in [9.17, 15) is 0 Å². The Morgan fingerprint density at radius 3 is 2.61 bits per heavy atom. The minimum atomic E-state index is -1.31. The molecule has 0 radical (unpaired) electrons. The summed E-state index contributed by atoms with van der Waals surface area (Å²) in [5.74, 6) is 4.82. The third kappa shape index (κ3) is 4.24. The summed E-state index contributed by atoms with van der Waals surface area (Å²) < 4.78 is 0. The maximum atomic E-state index is 4.42. The second kappa shape index (κ2) is 5.64. The summed E-state index contributed by atoms with van der Waals surface area (Å²) in [6.07, 6.45) is 5.94. The first-order valence-electron chi connectivity index (χ1n) is 6.58. The van der Waals surface area contributed by atoms with Gasteiger partial charge in [0.2, 0.25) is 0 Å². The molecule has 1 fully saturated rings. The average molecular weight is 259 g/mol. The van der Waals surface area contributed by atoms with Crippen LogP contribution in [0.25, 0.3) is 0 Å². The molecule has 0 saturated carbocycles. The lowest BCUT2D eigenvalue weighted by Gasteiger charge is -2.06. The predicted octanol–water partition coefficient (Wildman–Crippen LogP) is 1.86. The van der Waals surface area contributed by atoms with Crippen LogP contribution in [0.15, 0.2) is 12.4 Å². The molecule has 2 rings (SSSR count). The fraction of sp³-hybridized carbons (Fsp3) is 0.571. The second-order valence-electron chi connectivity index (χ2n) is 5.95. The summed E-state index contributed by atoms with van der Waals surface area (Å²) >= 11 is 0. The van der Waals surface area contributed by atoms with Crippen LogP contribution in [0.4, 0.5) is 0 Å². The Morgan fingerprint density at radius 2 is 2.06 bits per heavy atom. The van der Waals surface area contributed by atoms with Crippen molar-refractivity contribution >= 4 is 8.07 Å². The van der Waals surface area contributed by atoms with E-state index in [1.54, 1.807) is 0 Å². The van der Waals surface area contributed by atoms with E-state index in [1.807, 2.05) is 12.4 Å². The van der Waals surface area contributed by atoms with E-state index in [2.05, 4.69) is 46.4 Å². The van der Waals surface area contributed by atoms with E-state index >= 15 is 0 Å². The average Bonchev–Trinajstić information content (AvgIpc) is 2.80. The quantitative estimate of drug-likeness (QED) is 0.651. The molecule has 0 aromatic carbocycles. The van der Waals surface area contributed by atoms with Gasteiger partial charge in [0.1, 0.15) is 13.9 Å². The first-order chi connectivity index (χ1) is 8.53. The van der Waals surface area contributed by atoms with Crippen molar-refractivity contribution in [1.82, 2.24) is 15.3 Å². The van der Waals surface area contributed by atoms with Gasteiger partial charge in [-0.05, 0) is 25.4 Å². The van der Waals surface area contributed by atoms with E-state index in [-0.39, 0.29) is 0 Å². The van der Waals surface area contributed by atoms with Crippen LogP contribution in [-0.4, -0.2) is 31.1 Å². The fourth-order valence-corrected chi connectivity index (χ4v) is 2.45. The third-order valence-corrected chi connectivity index (χ3v) is 3.80. The molecule has 1 aliphatic rings. The highest BCUT2D eigenvalue weighted by Crippen LogP contribution is 2.12. The van der Waals surface area contributed by atoms with Gasteiger partial charge in [-0.3, -0.25) is 0 Å². The van der Waals surface area contributed by atoms with E-state index in [0.717, 1.165) is 30.9 Å². The van der Waals surface area contributed by atoms with Crippen molar-refractivity contribution < 1.29 is 0 Å². The van der Waals surface area contributed by atoms with Gasteiger partial charge in [0.25, 0.3) is 0 Å². The molecule has 0 amide bonds. The summed E-state index contributed by atoms with van der Waals surface area (Å²) in [5.41, 5.74) is 4.27. The van der Waals surface area contributed by atoms with Crippen molar-refractivity contribution in [2.75, 3.05) is 13.1 Å². The SMILES string of the molecule is C[Si](C)(C)C#Cc1cnc(C[C@@H]2CCNC2)nc1. The van der Waals surface area contributed by atoms with Gasteiger partial charge in [-0.1, -0.05) is 25.6 Å². The Bertz CT molecular complexity index is 445. The highest BCUT2D eigenvalue weighted by Gasteiger charge is 2.15. The molecule has 1 aromatic rings. The van der Waals surface area contributed by atoms with Crippen LogP contribution in [0.5, 0.6) is 0 Å². The topological polar surface area (TPSA) is 37.8 Å². The standard InChI is InChI=1S/C14H21N3Si/c1-18(2,3)7-5-13-10-16-14(17-11-13)8-12-4-6-15-9-12/h10-12,15H,4,6,8-9H2,1-3H3/t12-/m0/s1. The van der Waals surface area contributed by atoms with Crippen molar-refractivity contribution in [3.8, 4) is 11.5 Å². The number of nitrogens with zero attached hydrogens (tertiary/aromatic N) is 2. The molecule has 0 spiro atoms. The molecular weight excluding hydrogens is 238 g/mol. The Kier molecular flexibility index (Phi) is 4.15. The van der Waals surface area contributed by atoms with E-state index < -0.39 is 8.07 Å². The summed E-state index contributed by atoms with van der Waals surface area (Å²) in [7, 11) is -1.31. The summed E-state index contributed by atoms with van der Waals surface area (Å²) in [5, 5.41) is 3.37. The van der Waals surface area contributed by atoms with Gasteiger partial charge in [0, 0.05) is 18.8 Å². The molecule has 4 heteroatoms. The monoisotopic (exact) mass is 259 g/mol. The molecule has 1 N–H and O–H groups in total. The molecule has 0 bridgehead atoms. The van der Waals surface area contributed by atoms with Crippen LogP contribution >= 0.6 is 0 Å². The van der Waals surface area contributed by atoms with Gasteiger partial charge in [-0.2, -0.15) is 0 Å². The third-order valence-electron chi connectivity index (χ3n) is 2.92. The van der Waals surface area contributed by atoms with Crippen LogP contribution in [0, 0.1) is 17.4 Å².